The van der Waals surface area contributed by atoms with E-state index < -0.39 is 17.6 Å². The second-order valence-corrected chi connectivity index (χ2v) is 4.30. The lowest BCUT2D eigenvalue weighted by Gasteiger charge is -2.31. The van der Waals surface area contributed by atoms with Crippen LogP contribution in [-0.2, 0) is 16.1 Å². The molecule has 1 aromatic rings. The van der Waals surface area contributed by atoms with E-state index in [0.29, 0.717) is 18.7 Å². The molecule has 0 saturated carbocycles. The number of carbonyl (C=O) groups excluding carboxylic acids is 2. The van der Waals surface area contributed by atoms with Gasteiger partial charge in [0.25, 0.3) is 0 Å². The summed E-state index contributed by atoms with van der Waals surface area (Å²) in [5.41, 5.74) is 6.60. The highest BCUT2D eigenvalue weighted by Crippen LogP contribution is 2.17. The van der Waals surface area contributed by atoms with E-state index in [-0.39, 0.29) is 12.2 Å². The van der Waals surface area contributed by atoms with Crippen molar-refractivity contribution in [1.82, 2.24) is 9.80 Å². The summed E-state index contributed by atoms with van der Waals surface area (Å²) in [4.78, 5) is 26.1. The molecule has 2 amide bonds. The lowest BCUT2D eigenvalue weighted by atomic mass is 10.1. The molecule has 18 heavy (non-hydrogen) atoms. The van der Waals surface area contributed by atoms with E-state index in [4.69, 9.17) is 5.73 Å². The van der Waals surface area contributed by atoms with Crippen LogP contribution in [0.15, 0.2) is 18.2 Å². The quantitative estimate of drug-likeness (QED) is 0.603. The van der Waals surface area contributed by atoms with Crippen molar-refractivity contribution in [3.8, 4) is 0 Å². The zero-order chi connectivity index (χ0) is 13.3. The first-order valence-corrected chi connectivity index (χ1v) is 5.57. The Hall–Kier alpha value is -2.11. The number of halogens is 1. The van der Waals surface area contributed by atoms with Crippen LogP contribution < -0.4 is 5.73 Å². The highest BCUT2D eigenvalue weighted by Gasteiger charge is 2.30. The van der Waals surface area contributed by atoms with Crippen LogP contribution in [0.4, 0.5) is 10.1 Å². The Morgan fingerprint density at radius 2 is 2.00 bits per heavy atom. The molecule has 1 saturated heterocycles. The molecule has 0 atom stereocenters. The van der Waals surface area contributed by atoms with Gasteiger partial charge in [0.15, 0.2) is 0 Å². The van der Waals surface area contributed by atoms with Gasteiger partial charge in [0.2, 0.25) is 0 Å². The third-order valence-electron chi connectivity index (χ3n) is 2.99. The zero-order valence-electron chi connectivity index (χ0n) is 10.0. The number of nitrogens with two attached hydrogens (primary N) is 1. The third kappa shape index (κ3) is 2.27. The van der Waals surface area contributed by atoms with Gasteiger partial charge in [0.1, 0.15) is 5.82 Å². The first kappa shape index (κ1) is 12.3. The second kappa shape index (κ2) is 4.64. The molecule has 1 fully saturated rings. The van der Waals surface area contributed by atoms with Gasteiger partial charge in [0, 0.05) is 32.4 Å². The molecular formula is C12H14FN3O2. The number of likely N-dealkylation sites (N-methyl/N-ethyl adjacent to an activating group) is 1. The van der Waals surface area contributed by atoms with E-state index in [1.807, 2.05) is 0 Å². The molecule has 1 aromatic carbocycles. The molecule has 6 heteroatoms. The normalized spacial score (nSPS) is 16.3. The molecule has 0 unspecified atom stereocenters. The van der Waals surface area contributed by atoms with Gasteiger partial charge in [0.05, 0.1) is 0 Å². The summed E-state index contributed by atoms with van der Waals surface area (Å²) in [7, 11) is 1.59. The number of nitrogens with zero attached hydrogens (tertiary/aromatic N) is 2. The number of nitrogen functional groups attached to an aromatic ring is 1. The summed E-state index contributed by atoms with van der Waals surface area (Å²) in [6.45, 7) is 1.17. The Balaban J connectivity index is 2.14. The van der Waals surface area contributed by atoms with Crippen LogP contribution in [0.25, 0.3) is 0 Å². The van der Waals surface area contributed by atoms with Crippen LogP contribution in [0.2, 0.25) is 0 Å². The second-order valence-electron chi connectivity index (χ2n) is 4.30. The monoisotopic (exact) mass is 251 g/mol. The minimum atomic E-state index is -0.549. The van der Waals surface area contributed by atoms with E-state index in [9.17, 15) is 14.0 Å². The maximum absolute atomic E-state index is 12.9. The Labute approximate surface area is 104 Å². The molecule has 0 aromatic heterocycles. The fraction of sp³-hybridized carbons (Fsp3) is 0.333. The van der Waals surface area contributed by atoms with Crippen molar-refractivity contribution < 1.29 is 14.0 Å². The maximum Gasteiger partial charge on any atom is 0.312 e. The van der Waals surface area contributed by atoms with Crippen molar-refractivity contribution in [2.45, 2.75) is 6.54 Å². The molecule has 1 aliphatic rings. The van der Waals surface area contributed by atoms with E-state index >= 15 is 0 Å². The molecule has 0 spiro atoms. The van der Waals surface area contributed by atoms with Gasteiger partial charge in [-0.3, -0.25) is 9.59 Å². The maximum atomic E-state index is 12.9. The van der Waals surface area contributed by atoms with Crippen molar-refractivity contribution in [3.63, 3.8) is 0 Å². The van der Waals surface area contributed by atoms with Gasteiger partial charge in [-0.15, -0.1) is 0 Å². The van der Waals surface area contributed by atoms with Crippen LogP contribution in [0.3, 0.4) is 0 Å². The first-order valence-electron chi connectivity index (χ1n) is 5.57. The fourth-order valence-electron chi connectivity index (χ4n) is 1.84. The van der Waals surface area contributed by atoms with Crippen LogP contribution in [-0.4, -0.2) is 41.8 Å². The fourth-order valence-corrected chi connectivity index (χ4v) is 1.84. The average molecular weight is 251 g/mol. The first-order chi connectivity index (χ1) is 8.49. The number of rotatable bonds is 2. The minimum Gasteiger partial charge on any atom is -0.398 e. The number of hydrogen-bond acceptors (Lipinski definition) is 3. The summed E-state index contributed by atoms with van der Waals surface area (Å²) >= 11 is 0. The molecule has 0 bridgehead atoms. The molecular weight excluding hydrogens is 237 g/mol. The van der Waals surface area contributed by atoms with Gasteiger partial charge in [-0.1, -0.05) is 6.07 Å². The number of hydrogen-bond donors (Lipinski definition) is 1. The van der Waals surface area contributed by atoms with Crippen LogP contribution in [0, 0.1) is 5.82 Å². The minimum absolute atomic E-state index is 0.227. The van der Waals surface area contributed by atoms with Crippen LogP contribution in [0.5, 0.6) is 0 Å². The Morgan fingerprint density at radius 1 is 1.28 bits per heavy atom. The lowest BCUT2D eigenvalue weighted by molar-refractivity contribution is -0.155. The van der Waals surface area contributed by atoms with Gasteiger partial charge in [-0.25, -0.2) is 4.39 Å². The molecule has 0 aliphatic carbocycles. The molecule has 1 aliphatic heterocycles. The molecule has 96 valence electrons. The molecule has 2 N–H and O–H groups in total. The van der Waals surface area contributed by atoms with Crippen molar-refractivity contribution >= 4 is 17.5 Å². The smallest absolute Gasteiger partial charge is 0.312 e. The third-order valence-corrected chi connectivity index (χ3v) is 2.99. The number of piperazine rings is 1. The number of anilines is 1. The van der Waals surface area contributed by atoms with Gasteiger partial charge in [-0.2, -0.15) is 0 Å². The van der Waals surface area contributed by atoms with Gasteiger partial charge >= 0.3 is 11.8 Å². The number of carbonyl (C=O) groups is 2. The van der Waals surface area contributed by atoms with Crippen molar-refractivity contribution in [1.29, 1.82) is 0 Å². The van der Waals surface area contributed by atoms with Crippen LogP contribution >= 0.6 is 0 Å². The molecule has 0 radical (unpaired) electrons. The van der Waals surface area contributed by atoms with Crippen molar-refractivity contribution in [2.24, 2.45) is 0 Å². The topological polar surface area (TPSA) is 66.6 Å². The number of amides is 2. The Morgan fingerprint density at radius 3 is 2.67 bits per heavy atom. The molecule has 5 nitrogen and oxygen atoms in total. The van der Waals surface area contributed by atoms with Crippen molar-refractivity contribution in [3.05, 3.63) is 29.6 Å². The predicted molar refractivity (Wildman–Crippen MR) is 63.9 cm³/mol. The number of benzene rings is 1. The van der Waals surface area contributed by atoms with E-state index in [0.717, 1.165) is 0 Å². The molecule has 1 heterocycles. The highest BCUT2D eigenvalue weighted by atomic mass is 19.1. The Kier molecular flexibility index (Phi) is 3.18. The van der Waals surface area contributed by atoms with E-state index in [2.05, 4.69) is 0 Å². The van der Waals surface area contributed by atoms with Crippen LogP contribution in [0.1, 0.15) is 5.56 Å². The Bertz CT molecular complexity index is 504. The van der Waals surface area contributed by atoms with E-state index in [1.54, 1.807) is 7.05 Å². The lowest BCUT2D eigenvalue weighted by Crippen LogP contribution is -2.52. The van der Waals surface area contributed by atoms with E-state index in [1.165, 1.54) is 28.0 Å². The summed E-state index contributed by atoms with van der Waals surface area (Å²) in [6.07, 6.45) is 0. The standard InChI is InChI=1S/C12H14FN3O2/c1-15-4-5-16(12(18)11(15)17)7-8-2-3-9(13)6-10(8)14/h2-3,6H,4-5,7,14H2,1H3. The average Bonchev–Trinajstić information content (AvgIpc) is 2.33. The van der Waals surface area contributed by atoms with Gasteiger partial charge < -0.3 is 15.5 Å². The highest BCUT2D eigenvalue weighted by molar-refractivity contribution is 6.35. The van der Waals surface area contributed by atoms with Crippen molar-refractivity contribution in [2.75, 3.05) is 25.9 Å². The summed E-state index contributed by atoms with van der Waals surface area (Å²) in [5, 5.41) is 0. The largest absolute Gasteiger partial charge is 0.398 e. The summed E-state index contributed by atoms with van der Waals surface area (Å²) < 4.78 is 12.9. The zero-order valence-corrected chi connectivity index (χ0v) is 10.0. The SMILES string of the molecule is CN1CCN(Cc2ccc(F)cc2N)C(=O)C1=O. The summed E-state index contributed by atoms with van der Waals surface area (Å²) in [5.74, 6) is -1.49. The predicted octanol–water partition coefficient (Wildman–Crippen LogP) is 0.208. The van der Waals surface area contributed by atoms with Gasteiger partial charge in [-0.05, 0) is 17.7 Å². The molecule has 2 rings (SSSR count). The summed E-state index contributed by atoms with van der Waals surface area (Å²) in [6, 6.07) is 4.02.